The maximum Gasteiger partial charge on any atom is 0.310 e. The van der Waals surface area contributed by atoms with Crippen molar-refractivity contribution in [3.8, 4) is 11.5 Å². The smallest absolute Gasteiger partial charge is 0.310 e. The van der Waals surface area contributed by atoms with Gasteiger partial charge in [0.1, 0.15) is 18.1 Å². The first-order chi connectivity index (χ1) is 11.0. The number of aryl methyl sites for hydroxylation is 2. The molecule has 0 saturated heterocycles. The van der Waals surface area contributed by atoms with Crippen LogP contribution < -0.4 is 9.47 Å². The molecule has 0 fully saturated rings. The molecule has 0 aliphatic rings. The lowest BCUT2D eigenvalue weighted by molar-refractivity contribution is -0.134. The molecule has 4 heteroatoms. The molecule has 0 unspecified atom stereocenters. The van der Waals surface area contributed by atoms with Gasteiger partial charge in [0.2, 0.25) is 0 Å². The van der Waals surface area contributed by atoms with Crippen molar-refractivity contribution in [2.24, 2.45) is 0 Å². The van der Waals surface area contributed by atoms with Crippen LogP contribution in [0.5, 0.6) is 11.5 Å². The number of hydrogen-bond donors (Lipinski definition) is 0. The molecule has 0 aromatic heterocycles. The molecule has 0 saturated carbocycles. The van der Waals surface area contributed by atoms with Gasteiger partial charge >= 0.3 is 5.97 Å². The monoisotopic (exact) mass is 332 g/mol. The van der Waals surface area contributed by atoms with E-state index in [1.165, 1.54) is 0 Å². The summed E-state index contributed by atoms with van der Waals surface area (Å²) >= 11 is 6.21. The summed E-state index contributed by atoms with van der Waals surface area (Å²) in [4.78, 5) is 11.6. The second kappa shape index (κ2) is 8.02. The van der Waals surface area contributed by atoms with Crippen molar-refractivity contribution >= 4 is 17.6 Å². The first kappa shape index (κ1) is 17.4. The van der Waals surface area contributed by atoms with Crippen LogP contribution in [0.1, 0.15) is 37.0 Å². The SMILES string of the molecule is CCC(=O)Oc1cccc(CC)c1COc1ccc(C)cc1Cl. The highest BCUT2D eigenvalue weighted by Gasteiger charge is 2.13. The number of rotatable bonds is 6. The quantitative estimate of drug-likeness (QED) is 0.545. The molecule has 0 heterocycles. The van der Waals surface area contributed by atoms with Crippen LogP contribution in [0.2, 0.25) is 5.02 Å². The zero-order chi connectivity index (χ0) is 16.8. The summed E-state index contributed by atoms with van der Waals surface area (Å²) in [5.74, 6) is 0.920. The molecule has 0 spiro atoms. The third-order valence-electron chi connectivity index (χ3n) is 3.58. The van der Waals surface area contributed by atoms with Gasteiger partial charge in [-0.15, -0.1) is 0 Å². The maximum absolute atomic E-state index is 11.6. The van der Waals surface area contributed by atoms with Crippen LogP contribution in [0.3, 0.4) is 0 Å². The van der Waals surface area contributed by atoms with E-state index >= 15 is 0 Å². The zero-order valence-electron chi connectivity index (χ0n) is 13.7. The normalized spacial score (nSPS) is 10.4. The molecule has 0 aliphatic heterocycles. The Kier molecular flexibility index (Phi) is 6.05. The van der Waals surface area contributed by atoms with Gasteiger partial charge < -0.3 is 9.47 Å². The van der Waals surface area contributed by atoms with E-state index in [-0.39, 0.29) is 5.97 Å². The Morgan fingerprint density at radius 1 is 1.13 bits per heavy atom. The molecule has 2 aromatic carbocycles. The molecule has 0 amide bonds. The maximum atomic E-state index is 11.6. The number of esters is 1. The van der Waals surface area contributed by atoms with Crippen LogP contribution in [0.25, 0.3) is 0 Å². The number of ether oxygens (including phenoxy) is 2. The number of carbonyl (C=O) groups excluding carboxylic acids is 1. The highest BCUT2D eigenvalue weighted by atomic mass is 35.5. The summed E-state index contributed by atoms with van der Waals surface area (Å²) in [6, 6.07) is 11.4. The number of benzene rings is 2. The Labute approximate surface area is 142 Å². The van der Waals surface area contributed by atoms with Crippen LogP contribution in [0.15, 0.2) is 36.4 Å². The van der Waals surface area contributed by atoms with Crippen molar-refractivity contribution in [1.82, 2.24) is 0 Å². The Morgan fingerprint density at radius 2 is 1.91 bits per heavy atom. The average Bonchev–Trinajstić information content (AvgIpc) is 2.54. The lowest BCUT2D eigenvalue weighted by atomic mass is 10.0. The second-order valence-corrected chi connectivity index (χ2v) is 5.70. The van der Waals surface area contributed by atoms with E-state index in [4.69, 9.17) is 21.1 Å². The van der Waals surface area contributed by atoms with Gasteiger partial charge in [-0.2, -0.15) is 0 Å². The Bertz CT molecular complexity index is 695. The molecule has 0 N–H and O–H groups in total. The van der Waals surface area contributed by atoms with Crippen LogP contribution in [0, 0.1) is 6.92 Å². The van der Waals surface area contributed by atoms with E-state index < -0.39 is 0 Å². The summed E-state index contributed by atoms with van der Waals surface area (Å²) in [7, 11) is 0. The second-order valence-electron chi connectivity index (χ2n) is 5.30. The lowest BCUT2D eigenvalue weighted by Gasteiger charge is -2.15. The summed E-state index contributed by atoms with van der Waals surface area (Å²) in [6.45, 7) is 6.11. The van der Waals surface area contributed by atoms with Crippen LogP contribution in [-0.2, 0) is 17.8 Å². The van der Waals surface area contributed by atoms with Crippen LogP contribution >= 0.6 is 11.6 Å². The van der Waals surface area contributed by atoms with E-state index in [2.05, 4.69) is 6.92 Å². The molecule has 2 rings (SSSR count). The molecule has 122 valence electrons. The summed E-state index contributed by atoms with van der Waals surface area (Å²) < 4.78 is 11.3. The molecular weight excluding hydrogens is 312 g/mol. The Balaban J connectivity index is 2.24. The summed E-state index contributed by atoms with van der Waals surface area (Å²) in [5, 5.41) is 0.575. The van der Waals surface area contributed by atoms with Gasteiger partial charge in [-0.3, -0.25) is 4.79 Å². The van der Waals surface area contributed by atoms with Crippen molar-refractivity contribution in [2.75, 3.05) is 0 Å². The third kappa shape index (κ3) is 4.49. The molecule has 0 atom stereocenters. The number of halogens is 1. The predicted octanol–water partition coefficient (Wildman–Crippen LogP) is 5.11. The highest BCUT2D eigenvalue weighted by molar-refractivity contribution is 6.32. The lowest BCUT2D eigenvalue weighted by Crippen LogP contribution is -2.10. The largest absolute Gasteiger partial charge is 0.487 e. The van der Waals surface area contributed by atoms with E-state index in [9.17, 15) is 4.79 Å². The average molecular weight is 333 g/mol. The van der Waals surface area contributed by atoms with Gasteiger partial charge in [0.15, 0.2) is 0 Å². The Morgan fingerprint density at radius 3 is 2.57 bits per heavy atom. The van der Waals surface area contributed by atoms with E-state index in [0.29, 0.717) is 29.5 Å². The summed E-state index contributed by atoms with van der Waals surface area (Å²) in [5.41, 5.74) is 3.05. The Hall–Kier alpha value is -2.00. The van der Waals surface area contributed by atoms with Gasteiger partial charge in [-0.1, -0.05) is 43.6 Å². The standard InChI is InChI=1S/C19H21ClO3/c1-4-14-7-6-8-17(23-19(21)5-2)15(14)12-22-18-10-9-13(3)11-16(18)20/h6-11H,4-5,12H2,1-3H3. The van der Waals surface area contributed by atoms with Crippen LogP contribution in [0.4, 0.5) is 0 Å². The van der Waals surface area contributed by atoms with Crippen molar-refractivity contribution in [1.29, 1.82) is 0 Å². The number of carbonyl (C=O) groups is 1. The predicted molar refractivity (Wildman–Crippen MR) is 92.3 cm³/mol. The fourth-order valence-corrected chi connectivity index (χ4v) is 2.56. The highest BCUT2D eigenvalue weighted by Crippen LogP contribution is 2.29. The van der Waals surface area contributed by atoms with Gasteiger partial charge in [-0.05, 0) is 42.7 Å². The molecule has 0 radical (unpaired) electrons. The first-order valence-electron chi connectivity index (χ1n) is 7.75. The fraction of sp³-hybridized carbons (Fsp3) is 0.316. The van der Waals surface area contributed by atoms with E-state index in [0.717, 1.165) is 23.1 Å². The summed E-state index contributed by atoms with van der Waals surface area (Å²) in [6.07, 6.45) is 1.16. The molecular formula is C19H21ClO3. The van der Waals surface area contributed by atoms with Crippen LogP contribution in [-0.4, -0.2) is 5.97 Å². The van der Waals surface area contributed by atoms with E-state index in [1.54, 1.807) is 13.0 Å². The van der Waals surface area contributed by atoms with Crippen molar-refractivity contribution < 1.29 is 14.3 Å². The molecule has 0 bridgehead atoms. The van der Waals surface area contributed by atoms with Gasteiger partial charge in [0.25, 0.3) is 0 Å². The molecule has 23 heavy (non-hydrogen) atoms. The minimum atomic E-state index is -0.257. The molecule has 3 nitrogen and oxygen atoms in total. The molecule has 0 aliphatic carbocycles. The number of hydrogen-bond acceptors (Lipinski definition) is 3. The minimum Gasteiger partial charge on any atom is -0.487 e. The van der Waals surface area contributed by atoms with Crippen molar-refractivity contribution in [3.05, 3.63) is 58.1 Å². The third-order valence-corrected chi connectivity index (χ3v) is 3.88. The fourth-order valence-electron chi connectivity index (χ4n) is 2.27. The first-order valence-corrected chi connectivity index (χ1v) is 8.13. The minimum absolute atomic E-state index is 0.257. The van der Waals surface area contributed by atoms with E-state index in [1.807, 2.05) is 37.3 Å². The van der Waals surface area contributed by atoms with Gasteiger partial charge in [-0.25, -0.2) is 0 Å². The zero-order valence-corrected chi connectivity index (χ0v) is 14.4. The van der Waals surface area contributed by atoms with Crippen molar-refractivity contribution in [2.45, 2.75) is 40.2 Å². The van der Waals surface area contributed by atoms with Gasteiger partial charge in [0.05, 0.1) is 5.02 Å². The van der Waals surface area contributed by atoms with Crippen molar-refractivity contribution in [3.63, 3.8) is 0 Å². The topological polar surface area (TPSA) is 35.5 Å². The molecule has 2 aromatic rings. The van der Waals surface area contributed by atoms with Gasteiger partial charge in [0, 0.05) is 12.0 Å².